The van der Waals surface area contributed by atoms with Crippen LogP contribution >= 0.6 is 0 Å². The Kier molecular flexibility index (Phi) is 5.82. The van der Waals surface area contributed by atoms with Crippen LogP contribution in [-0.4, -0.2) is 50.1 Å². The van der Waals surface area contributed by atoms with Gasteiger partial charge in [0.2, 0.25) is 5.91 Å². The maximum Gasteiger partial charge on any atom is 0.416 e. The average Bonchev–Trinajstić information content (AvgIpc) is 3.22. The first-order valence-electron chi connectivity index (χ1n) is 10.1. The van der Waals surface area contributed by atoms with E-state index in [1.807, 2.05) is 0 Å². The van der Waals surface area contributed by atoms with E-state index >= 15 is 0 Å². The fourth-order valence-electron chi connectivity index (χ4n) is 3.60. The molecule has 1 aliphatic rings. The Morgan fingerprint density at radius 2 is 1.65 bits per heavy atom. The van der Waals surface area contributed by atoms with Gasteiger partial charge in [0, 0.05) is 19.2 Å². The molecule has 0 aliphatic carbocycles. The van der Waals surface area contributed by atoms with Crippen LogP contribution in [0.5, 0.6) is 0 Å². The van der Waals surface area contributed by atoms with Gasteiger partial charge in [-0.25, -0.2) is 9.48 Å². The number of benzene rings is 2. The molecular formula is C22H18F3N5O4. The van der Waals surface area contributed by atoms with Crippen LogP contribution in [0.25, 0.3) is 11.4 Å². The highest BCUT2D eigenvalue weighted by molar-refractivity contribution is 6.22. The number of halogens is 3. The molecule has 176 valence electrons. The summed E-state index contributed by atoms with van der Waals surface area (Å²) >= 11 is 0. The van der Waals surface area contributed by atoms with Crippen molar-refractivity contribution in [3.63, 3.8) is 0 Å². The van der Waals surface area contributed by atoms with Gasteiger partial charge in [-0.05, 0) is 24.3 Å². The van der Waals surface area contributed by atoms with E-state index < -0.39 is 41.7 Å². The van der Waals surface area contributed by atoms with Crippen LogP contribution in [0.15, 0.2) is 53.3 Å². The lowest BCUT2D eigenvalue weighted by molar-refractivity contribution is -0.137. The smallest absolute Gasteiger partial charge is 0.353 e. The van der Waals surface area contributed by atoms with Gasteiger partial charge in [0.05, 0.1) is 23.2 Å². The van der Waals surface area contributed by atoms with E-state index in [9.17, 15) is 32.3 Å². The number of fused-ring (bicyclic) bond motifs is 1. The molecule has 0 spiro atoms. The monoisotopic (exact) mass is 473 g/mol. The van der Waals surface area contributed by atoms with Crippen LogP contribution in [0.4, 0.5) is 13.2 Å². The molecule has 0 unspecified atom stereocenters. The standard InChI is InChI=1S/C22H18F3N5O4/c1-28-18(13-5-4-6-14(11-13)22(23,24)25)27-30(21(28)34)10-9-26-17(31)12-29-19(32)15-7-2-3-8-16(15)20(29)33/h2-8,11H,9-10,12H2,1H3,(H,26,31). The summed E-state index contributed by atoms with van der Waals surface area (Å²) < 4.78 is 41.1. The average molecular weight is 473 g/mol. The number of nitrogens with zero attached hydrogens (tertiary/aromatic N) is 4. The second kappa shape index (κ2) is 8.61. The number of rotatable bonds is 6. The molecule has 0 atom stereocenters. The van der Waals surface area contributed by atoms with E-state index in [1.54, 1.807) is 12.1 Å². The molecule has 1 N–H and O–H groups in total. The quantitative estimate of drug-likeness (QED) is 0.549. The first-order valence-corrected chi connectivity index (χ1v) is 10.1. The second-order valence-corrected chi connectivity index (χ2v) is 7.56. The Bertz CT molecular complexity index is 1320. The molecule has 0 bridgehead atoms. The number of hydrogen-bond acceptors (Lipinski definition) is 5. The molecule has 9 nitrogen and oxygen atoms in total. The zero-order valence-electron chi connectivity index (χ0n) is 17.8. The summed E-state index contributed by atoms with van der Waals surface area (Å²) in [7, 11) is 1.38. The van der Waals surface area contributed by atoms with Gasteiger partial charge in [-0.2, -0.15) is 13.2 Å². The summed E-state index contributed by atoms with van der Waals surface area (Å²) in [5.74, 6) is -1.71. The maximum absolute atomic E-state index is 13.0. The molecule has 0 saturated carbocycles. The molecule has 34 heavy (non-hydrogen) atoms. The molecule has 12 heteroatoms. The SMILES string of the molecule is Cn1c(-c2cccc(C(F)(F)F)c2)nn(CCNC(=O)CN2C(=O)c3ccccc3C2=O)c1=O. The van der Waals surface area contributed by atoms with E-state index in [0.29, 0.717) is 0 Å². The second-order valence-electron chi connectivity index (χ2n) is 7.56. The predicted octanol–water partition coefficient (Wildman–Crippen LogP) is 1.68. The number of amides is 3. The first kappa shape index (κ1) is 23.0. The van der Waals surface area contributed by atoms with Crippen molar-refractivity contribution >= 4 is 17.7 Å². The highest BCUT2D eigenvalue weighted by atomic mass is 19.4. The largest absolute Gasteiger partial charge is 0.416 e. The minimum Gasteiger partial charge on any atom is -0.353 e. The van der Waals surface area contributed by atoms with Crippen molar-refractivity contribution in [3.8, 4) is 11.4 Å². The number of alkyl halides is 3. The van der Waals surface area contributed by atoms with Crippen LogP contribution in [-0.2, 0) is 24.6 Å². The molecule has 4 rings (SSSR count). The fraction of sp³-hybridized carbons (Fsp3) is 0.227. The Hall–Kier alpha value is -4.22. The number of hydrogen-bond donors (Lipinski definition) is 1. The Morgan fingerprint density at radius 1 is 1.00 bits per heavy atom. The van der Waals surface area contributed by atoms with E-state index in [1.165, 1.54) is 31.3 Å². The van der Waals surface area contributed by atoms with Crippen LogP contribution < -0.4 is 11.0 Å². The van der Waals surface area contributed by atoms with E-state index in [4.69, 9.17) is 0 Å². The number of nitrogens with one attached hydrogen (secondary N) is 1. The summed E-state index contributed by atoms with van der Waals surface area (Å²) in [6, 6.07) is 10.7. The number of imide groups is 1. The van der Waals surface area contributed by atoms with E-state index in [-0.39, 0.29) is 35.6 Å². The van der Waals surface area contributed by atoms with Gasteiger partial charge in [-0.15, -0.1) is 5.10 Å². The molecular weight excluding hydrogens is 455 g/mol. The third-order valence-corrected chi connectivity index (χ3v) is 5.31. The molecule has 3 aromatic rings. The summed E-state index contributed by atoms with van der Waals surface area (Å²) in [6.07, 6.45) is -4.54. The molecule has 3 amide bonds. The zero-order chi connectivity index (χ0) is 24.6. The third-order valence-electron chi connectivity index (χ3n) is 5.31. The van der Waals surface area contributed by atoms with Gasteiger partial charge in [-0.3, -0.25) is 23.9 Å². The molecule has 1 aromatic heterocycles. The van der Waals surface area contributed by atoms with Crippen molar-refractivity contribution in [1.29, 1.82) is 0 Å². The highest BCUT2D eigenvalue weighted by Gasteiger charge is 2.36. The van der Waals surface area contributed by atoms with Gasteiger partial charge in [0.1, 0.15) is 6.54 Å². The minimum atomic E-state index is -4.54. The third kappa shape index (κ3) is 4.21. The van der Waals surface area contributed by atoms with Gasteiger partial charge < -0.3 is 5.32 Å². The highest BCUT2D eigenvalue weighted by Crippen LogP contribution is 2.31. The number of aromatic nitrogens is 3. The minimum absolute atomic E-state index is 0.0356. The van der Waals surface area contributed by atoms with E-state index in [0.717, 1.165) is 26.3 Å². The van der Waals surface area contributed by atoms with Crippen LogP contribution in [0.2, 0.25) is 0 Å². The van der Waals surface area contributed by atoms with Crippen molar-refractivity contribution < 1.29 is 27.6 Å². The Labute approximate surface area is 190 Å². The summed E-state index contributed by atoms with van der Waals surface area (Å²) in [5.41, 5.74) is -0.887. The van der Waals surface area contributed by atoms with Crippen molar-refractivity contribution in [2.24, 2.45) is 7.05 Å². The molecule has 2 aromatic carbocycles. The normalized spacial score (nSPS) is 13.4. The van der Waals surface area contributed by atoms with Crippen LogP contribution in [0.1, 0.15) is 26.3 Å². The summed E-state index contributed by atoms with van der Waals surface area (Å²) in [5, 5.41) is 6.59. The van der Waals surface area contributed by atoms with Gasteiger partial charge in [-0.1, -0.05) is 24.3 Å². The first-order chi connectivity index (χ1) is 16.1. The fourth-order valence-corrected chi connectivity index (χ4v) is 3.60. The zero-order valence-corrected chi connectivity index (χ0v) is 17.8. The molecule has 0 saturated heterocycles. The van der Waals surface area contributed by atoms with Crippen molar-refractivity contribution in [2.75, 3.05) is 13.1 Å². The van der Waals surface area contributed by atoms with Gasteiger partial charge in [0.15, 0.2) is 5.82 Å². The lowest BCUT2D eigenvalue weighted by Crippen LogP contribution is -2.41. The van der Waals surface area contributed by atoms with Crippen molar-refractivity contribution in [3.05, 3.63) is 75.7 Å². The molecule has 0 fully saturated rings. The molecule has 0 radical (unpaired) electrons. The maximum atomic E-state index is 13.0. The van der Waals surface area contributed by atoms with E-state index in [2.05, 4.69) is 10.4 Å². The molecule has 1 aliphatic heterocycles. The molecule has 2 heterocycles. The Balaban J connectivity index is 1.40. The van der Waals surface area contributed by atoms with Gasteiger partial charge in [0.25, 0.3) is 11.8 Å². The number of carbonyl (C=O) groups excluding carboxylic acids is 3. The predicted molar refractivity (Wildman–Crippen MR) is 113 cm³/mol. The topological polar surface area (TPSA) is 106 Å². The van der Waals surface area contributed by atoms with Crippen molar-refractivity contribution in [1.82, 2.24) is 24.6 Å². The summed E-state index contributed by atoms with van der Waals surface area (Å²) in [4.78, 5) is 50.2. The van der Waals surface area contributed by atoms with Crippen molar-refractivity contribution in [2.45, 2.75) is 12.7 Å². The van der Waals surface area contributed by atoms with Gasteiger partial charge >= 0.3 is 11.9 Å². The van der Waals surface area contributed by atoms with Crippen LogP contribution in [0, 0.1) is 0 Å². The number of carbonyl (C=O) groups is 3. The van der Waals surface area contributed by atoms with Crippen LogP contribution in [0.3, 0.4) is 0 Å². The summed E-state index contributed by atoms with van der Waals surface area (Å²) in [6.45, 7) is -0.612. The lowest BCUT2D eigenvalue weighted by atomic mass is 10.1. The lowest BCUT2D eigenvalue weighted by Gasteiger charge is -2.13. The Morgan fingerprint density at radius 3 is 2.26 bits per heavy atom.